The van der Waals surface area contributed by atoms with E-state index in [1.807, 2.05) is 30.3 Å². The molecule has 0 radical (unpaired) electrons. The molecule has 2 aromatic heterocycles. The summed E-state index contributed by atoms with van der Waals surface area (Å²) in [6.45, 7) is 2.08. The number of para-hydroxylation sites is 1. The summed E-state index contributed by atoms with van der Waals surface area (Å²) in [7, 11) is 0. The molecule has 1 aliphatic carbocycles. The number of benzene rings is 1. The van der Waals surface area contributed by atoms with Crippen LogP contribution in [0.25, 0.3) is 15.9 Å². The van der Waals surface area contributed by atoms with Crippen LogP contribution in [0.15, 0.2) is 45.7 Å². The van der Waals surface area contributed by atoms with E-state index in [0.29, 0.717) is 5.92 Å². The van der Waals surface area contributed by atoms with Crippen molar-refractivity contribution in [3.05, 3.63) is 51.6 Å². The molecule has 0 bridgehead atoms. The van der Waals surface area contributed by atoms with Gasteiger partial charge >= 0.3 is 0 Å². The third kappa shape index (κ3) is 2.29. The van der Waals surface area contributed by atoms with Gasteiger partial charge in [-0.1, -0.05) is 36.9 Å². The molecular formula is C17H16N2OS2. The standard InChI is InChI=1S/C17H16N2OS2/c1-2-21-17-18-15-14(13(10-22-15)11-8-9-11)16(20)19(17)12-6-4-3-5-7-12/h3-7,10-11H,2,8-9H2,1H3. The summed E-state index contributed by atoms with van der Waals surface area (Å²) < 4.78 is 1.77. The maximum absolute atomic E-state index is 13.2. The smallest absolute Gasteiger partial charge is 0.267 e. The third-order valence-electron chi connectivity index (χ3n) is 3.91. The van der Waals surface area contributed by atoms with Crippen molar-refractivity contribution in [1.29, 1.82) is 0 Å². The Morgan fingerprint density at radius 3 is 2.77 bits per heavy atom. The van der Waals surface area contributed by atoms with Crippen LogP contribution in [0.5, 0.6) is 0 Å². The highest BCUT2D eigenvalue weighted by Crippen LogP contribution is 2.44. The molecule has 1 aromatic carbocycles. The van der Waals surface area contributed by atoms with Gasteiger partial charge in [0.25, 0.3) is 5.56 Å². The van der Waals surface area contributed by atoms with Crippen LogP contribution in [0.2, 0.25) is 0 Å². The minimum Gasteiger partial charge on any atom is -0.268 e. The minimum atomic E-state index is 0.0790. The molecular weight excluding hydrogens is 312 g/mol. The molecule has 0 spiro atoms. The van der Waals surface area contributed by atoms with E-state index in [9.17, 15) is 4.79 Å². The van der Waals surface area contributed by atoms with Crippen LogP contribution >= 0.6 is 23.1 Å². The van der Waals surface area contributed by atoms with Crippen molar-refractivity contribution in [3.63, 3.8) is 0 Å². The van der Waals surface area contributed by atoms with Crippen molar-refractivity contribution in [1.82, 2.24) is 9.55 Å². The SMILES string of the molecule is CCSc1nc2scc(C3CC3)c2c(=O)n1-c1ccccc1. The lowest BCUT2D eigenvalue weighted by Crippen LogP contribution is -2.21. The van der Waals surface area contributed by atoms with Crippen LogP contribution in [0.3, 0.4) is 0 Å². The first-order valence-corrected chi connectivity index (χ1v) is 9.38. The predicted molar refractivity (Wildman–Crippen MR) is 93.6 cm³/mol. The Hall–Kier alpha value is -1.59. The van der Waals surface area contributed by atoms with Gasteiger partial charge in [0.1, 0.15) is 4.83 Å². The fourth-order valence-electron chi connectivity index (χ4n) is 2.72. The van der Waals surface area contributed by atoms with Crippen LogP contribution in [0.1, 0.15) is 31.2 Å². The van der Waals surface area contributed by atoms with E-state index in [4.69, 9.17) is 4.98 Å². The van der Waals surface area contributed by atoms with Gasteiger partial charge in [0.2, 0.25) is 0 Å². The molecule has 2 heterocycles. The molecule has 1 saturated carbocycles. The molecule has 0 aliphatic heterocycles. The summed E-state index contributed by atoms with van der Waals surface area (Å²) in [5, 5.41) is 3.75. The molecule has 0 unspecified atom stereocenters. The number of thioether (sulfide) groups is 1. The molecule has 0 atom stereocenters. The Morgan fingerprint density at radius 2 is 2.09 bits per heavy atom. The molecule has 3 nitrogen and oxygen atoms in total. The van der Waals surface area contributed by atoms with E-state index in [1.165, 1.54) is 18.4 Å². The summed E-state index contributed by atoms with van der Waals surface area (Å²) in [6, 6.07) is 9.83. The van der Waals surface area contributed by atoms with Crippen LogP contribution in [-0.2, 0) is 0 Å². The summed E-state index contributed by atoms with van der Waals surface area (Å²) in [5.74, 6) is 1.46. The quantitative estimate of drug-likeness (QED) is 0.525. The van der Waals surface area contributed by atoms with Gasteiger partial charge in [0.15, 0.2) is 5.16 Å². The fourth-order valence-corrected chi connectivity index (χ4v) is 4.52. The average molecular weight is 328 g/mol. The maximum Gasteiger partial charge on any atom is 0.267 e. The Bertz CT molecular complexity index is 879. The number of hydrogen-bond donors (Lipinski definition) is 0. The second kappa shape index (κ2) is 5.56. The number of thiophene rings is 1. The van der Waals surface area contributed by atoms with E-state index in [1.54, 1.807) is 27.7 Å². The van der Waals surface area contributed by atoms with Gasteiger partial charge < -0.3 is 0 Å². The van der Waals surface area contributed by atoms with Gasteiger partial charge in [0.05, 0.1) is 11.1 Å². The molecule has 1 aliphatic rings. The Balaban J connectivity index is 2.03. The van der Waals surface area contributed by atoms with Gasteiger partial charge in [-0.25, -0.2) is 4.98 Å². The monoisotopic (exact) mass is 328 g/mol. The zero-order valence-electron chi connectivity index (χ0n) is 12.3. The molecule has 3 aromatic rings. The highest BCUT2D eigenvalue weighted by Gasteiger charge is 2.29. The highest BCUT2D eigenvalue weighted by atomic mass is 32.2. The largest absolute Gasteiger partial charge is 0.268 e. The number of nitrogens with zero attached hydrogens (tertiary/aromatic N) is 2. The first-order valence-electron chi connectivity index (χ1n) is 7.52. The van der Waals surface area contributed by atoms with Gasteiger partial charge in [-0.2, -0.15) is 0 Å². The van der Waals surface area contributed by atoms with E-state index in [2.05, 4.69) is 12.3 Å². The molecule has 0 saturated heterocycles. The first-order chi connectivity index (χ1) is 10.8. The van der Waals surface area contributed by atoms with Crippen molar-refractivity contribution in [2.45, 2.75) is 30.8 Å². The zero-order valence-corrected chi connectivity index (χ0v) is 13.9. The summed E-state index contributed by atoms with van der Waals surface area (Å²) in [6.07, 6.45) is 2.39. The number of rotatable bonds is 4. The third-order valence-corrected chi connectivity index (χ3v) is 5.62. The zero-order chi connectivity index (χ0) is 15.1. The Kier molecular flexibility index (Phi) is 3.54. The molecule has 112 valence electrons. The molecule has 4 rings (SSSR count). The molecule has 22 heavy (non-hydrogen) atoms. The molecule has 0 N–H and O–H groups in total. The molecule has 5 heteroatoms. The maximum atomic E-state index is 13.2. The van der Waals surface area contributed by atoms with E-state index in [-0.39, 0.29) is 5.56 Å². The average Bonchev–Trinajstić information content (AvgIpc) is 3.29. The van der Waals surface area contributed by atoms with Crippen molar-refractivity contribution in [2.75, 3.05) is 5.75 Å². The van der Waals surface area contributed by atoms with Crippen LogP contribution in [0.4, 0.5) is 0 Å². The van der Waals surface area contributed by atoms with Gasteiger partial charge in [-0.3, -0.25) is 9.36 Å². The topological polar surface area (TPSA) is 34.9 Å². The predicted octanol–water partition coefficient (Wildman–Crippen LogP) is 4.44. The summed E-state index contributed by atoms with van der Waals surface area (Å²) in [5.41, 5.74) is 2.18. The second-order valence-electron chi connectivity index (χ2n) is 5.45. The summed E-state index contributed by atoms with van der Waals surface area (Å²) in [4.78, 5) is 18.8. The number of fused-ring (bicyclic) bond motifs is 1. The van der Waals surface area contributed by atoms with Gasteiger partial charge in [0, 0.05) is 0 Å². The van der Waals surface area contributed by atoms with Gasteiger partial charge in [-0.15, -0.1) is 11.3 Å². The Morgan fingerprint density at radius 1 is 1.32 bits per heavy atom. The minimum absolute atomic E-state index is 0.0790. The number of hydrogen-bond acceptors (Lipinski definition) is 4. The fraction of sp³-hybridized carbons (Fsp3) is 0.294. The van der Waals surface area contributed by atoms with E-state index < -0.39 is 0 Å². The lowest BCUT2D eigenvalue weighted by molar-refractivity contribution is 0.821. The van der Waals surface area contributed by atoms with Crippen molar-refractivity contribution >= 4 is 33.3 Å². The first kappa shape index (κ1) is 14.0. The second-order valence-corrected chi connectivity index (χ2v) is 7.54. The van der Waals surface area contributed by atoms with Crippen molar-refractivity contribution in [3.8, 4) is 5.69 Å². The number of aromatic nitrogens is 2. The summed E-state index contributed by atoms with van der Waals surface area (Å²) >= 11 is 3.22. The van der Waals surface area contributed by atoms with Crippen molar-refractivity contribution in [2.24, 2.45) is 0 Å². The lowest BCUT2D eigenvalue weighted by atomic mass is 10.1. The van der Waals surface area contributed by atoms with Crippen LogP contribution < -0.4 is 5.56 Å². The van der Waals surface area contributed by atoms with Crippen LogP contribution in [-0.4, -0.2) is 15.3 Å². The van der Waals surface area contributed by atoms with E-state index >= 15 is 0 Å². The molecule has 0 amide bonds. The lowest BCUT2D eigenvalue weighted by Gasteiger charge is -2.11. The Labute approximate surface area is 137 Å². The normalized spacial score (nSPS) is 14.6. The van der Waals surface area contributed by atoms with Gasteiger partial charge in [-0.05, 0) is 47.6 Å². The van der Waals surface area contributed by atoms with E-state index in [0.717, 1.165) is 26.8 Å². The molecule has 1 fully saturated rings. The van der Waals surface area contributed by atoms with Crippen molar-refractivity contribution < 1.29 is 0 Å². The van der Waals surface area contributed by atoms with Crippen LogP contribution in [0, 0.1) is 0 Å². The highest BCUT2D eigenvalue weighted by molar-refractivity contribution is 7.99.